The number of rotatable bonds is 15. The topological polar surface area (TPSA) is 142 Å². The molecule has 0 spiro atoms. The van der Waals surface area contributed by atoms with Crippen LogP contribution in [0.2, 0.25) is 0 Å². The van der Waals surface area contributed by atoms with Gasteiger partial charge in [-0.2, -0.15) is 0 Å². The zero-order chi connectivity index (χ0) is 34.4. The Morgan fingerprint density at radius 1 is 0.878 bits per heavy atom. The van der Waals surface area contributed by atoms with Crippen LogP contribution in [0, 0.1) is 0 Å². The van der Waals surface area contributed by atoms with Crippen molar-refractivity contribution in [3.63, 3.8) is 0 Å². The minimum atomic E-state index is -0.920. The summed E-state index contributed by atoms with van der Waals surface area (Å²) in [6, 6.07) is 23.4. The molecule has 49 heavy (non-hydrogen) atoms. The predicted molar refractivity (Wildman–Crippen MR) is 193 cm³/mol. The molecule has 258 valence electrons. The van der Waals surface area contributed by atoms with Crippen molar-refractivity contribution in [1.29, 1.82) is 0 Å². The minimum absolute atomic E-state index is 0.119. The number of pyridine rings is 1. The molecule has 4 amide bonds. The third kappa shape index (κ3) is 9.93. The highest BCUT2D eigenvalue weighted by atomic mass is 16.5. The van der Waals surface area contributed by atoms with Crippen LogP contribution in [0.15, 0.2) is 91.3 Å². The number of nitrogens with one attached hydrogen (secondary N) is 3. The minimum Gasteiger partial charge on any atom is -0.497 e. The number of anilines is 1. The highest BCUT2D eigenvalue weighted by Crippen LogP contribution is 2.21. The van der Waals surface area contributed by atoms with Crippen LogP contribution in [0.1, 0.15) is 30.4 Å². The second-order valence-corrected chi connectivity index (χ2v) is 12.3. The standard InChI is InChI=1S/C38H47N7O4/c1-49-32-12-6-8-28(26-32)15-21-41-38(48)43-35(27-30-11-7-10-29-9-2-3-13-33(29)30)36(46)42-34(14-4-5-18-39)37(47)45-24-22-44(23-25-45)31-16-19-40-20-17-31/h2-3,6-13,16-17,19-20,26,34-35H,4-5,14-15,18,21-25,27,39H2,1H3,(H,42,46)(H2,41,43,48)/t34-,35-/m0/s1. The van der Waals surface area contributed by atoms with Crippen LogP contribution in [-0.4, -0.2) is 86.2 Å². The summed E-state index contributed by atoms with van der Waals surface area (Å²) in [5.41, 5.74) is 8.79. The van der Waals surface area contributed by atoms with Crippen molar-refractivity contribution in [2.75, 3.05) is 51.3 Å². The molecule has 0 radical (unpaired) electrons. The Balaban J connectivity index is 1.28. The number of aromatic nitrogens is 1. The number of benzene rings is 3. The van der Waals surface area contributed by atoms with Crippen LogP contribution in [0.25, 0.3) is 10.8 Å². The lowest BCUT2D eigenvalue weighted by molar-refractivity contribution is -0.137. The van der Waals surface area contributed by atoms with Gasteiger partial charge in [-0.3, -0.25) is 14.6 Å². The van der Waals surface area contributed by atoms with Gasteiger partial charge in [0, 0.05) is 57.2 Å². The Labute approximate surface area is 288 Å². The molecule has 1 aromatic heterocycles. The molecule has 1 aliphatic heterocycles. The third-order valence-electron chi connectivity index (χ3n) is 8.94. The molecule has 0 aliphatic carbocycles. The molecule has 11 nitrogen and oxygen atoms in total. The molecule has 11 heteroatoms. The number of carbonyl (C=O) groups is 3. The Bertz CT molecular complexity index is 1670. The molecule has 1 aliphatic rings. The first-order chi connectivity index (χ1) is 23.9. The van der Waals surface area contributed by atoms with Crippen LogP contribution < -0.4 is 31.3 Å². The average molecular weight is 666 g/mol. The van der Waals surface area contributed by atoms with Crippen LogP contribution in [0.3, 0.4) is 0 Å². The zero-order valence-electron chi connectivity index (χ0n) is 28.1. The Hall–Kier alpha value is -5.16. The molecule has 5 N–H and O–H groups in total. The molecular formula is C38H47N7O4. The van der Waals surface area contributed by atoms with Crippen LogP contribution >= 0.6 is 0 Å². The van der Waals surface area contributed by atoms with Gasteiger partial charge in [0.25, 0.3) is 0 Å². The third-order valence-corrected chi connectivity index (χ3v) is 8.94. The van der Waals surface area contributed by atoms with E-state index in [2.05, 4.69) is 25.8 Å². The van der Waals surface area contributed by atoms with Gasteiger partial charge in [0.1, 0.15) is 17.8 Å². The van der Waals surface area contributed by atoms with E-state index in [4.69, 9.17) is 10.5 Å². The van der Waals surface area contributed by atoms with Crippen molar-refractivity contribution in [2.45, 2.75) is 44.2 Å². The molecule has 1 saturated heterocycles. The lowest BCUT2D eigenvalue weighted by Gasteiger charge is -2.37. The molecular weight excluding hydrogens is 618 g/mol. The smallest absolute Gasteiger partial charge is 0.315 e. The molecule has 4 aromatic rings. The molecule has 5 rings (SSSR count). The molecule has 2 atom stereocenters. The summed E-state index contributed by atoms with van der Waals surface area (Å²) < 4.78 is 5.31. The number of fused-ring (bicyclic) bond motifs is 1. The molecule has 0 bridgehead atoms. The second kappa shape index (κ2) is 17.8. The lowest BCUT2D eigenvalue weighted by atomic mass is 9.98. The normalized spacial score (nSPS) is 14.2. The Morgan fingerprint density at radius 3 is 2.41 bits per heavy atom. The van der Waals surface area contributed by atoms with Crippen molar-refractivity contribution < 1.29 is 19.1 Å². The van der Waals surface area contributed by atoms with Gasteiger partial charge in [-0.25, -0.2) is 4.79 Å². The van der Waals surface area contributed by atoms with E-state index in [1.54, 1.807) is 19.5 Å². The summed E-state index contributed by atoms with van der Waals surface area (Å²) in [5.74, 6) is 0.226. The summed E-state index contributed by atoms with van der Waals surface area (Å²) in [4.78, 5) is 49.4. The number of methoxy groups -OCH3 is 1. The Morgan fingerprint density at radius 2 is 1.63 bits per heavy atom. The van der Waals surface area contributed by atoms with Gasteiger partial charge in [0.2, 0.25) is 11.8 Å². The van der Waals surface area contributed by atoms with Gasteiger partial charge >= 0.3 is 6.03 Å². The number of hydrogen-bond acceptors (Lipinski definition) is 7. The number of urea groups is 1. The fourth-order valence-corrected chi connectivity index (χ4v) is 6.24. The van der Waals surface area contributed by atoms with Gasteiger partial charge in [-0.1, -0.05) is 54.6 Å². The monoisotopic (exact) mass is 665 g/mol. The summed E-state index contributed by atoms with van der Waals surface area (Å²) in [7, 11) is 1.62. The first kappa shape index (κ1) is 35.2. The van der Waals surface area contributed by atoms with Crippen molar-refractivity contribution in [3.8, 4) is 5.75 Å². The van der Waals surface area contributed by atoms with E-state index in [-0.39, 0.29) is 12.3 Å². The number of piperazine rings is 1. The highest BCUT2D eigenvalue weighted by Gasteiger charge is 2.31. The second-order valence-electron chi connectivity index (χ2n) is 12.3. The van der Waals surface area contributed by atoms with E-state index < -0.39 is 24.0 Å². The zero-order valence-corrected chi connectivity index (χ0v) is 28.1. The lowest BCUT2D eigenvalue weighted by Crippen LogP contribution is -2.58. The van der Waals surface area contributed by atoms with E-state index in [0.29, 0.717) is 58.5 Å². The number of unbranched alkanes of at least 4 members (excludes halogenated alkanes) is 1. The average Bonchev–Trinajstić information content (AvgIpc) is 3.14. The van der Waals surface area contributed by atoms with E-state index in [0.717, 1.165) is 39.8 Å². The van der Waals surface area contributed by atoms with Gasteiger partial charge in [-0.15, -0.1) is 0 Å². The van der Waals surface area contributed by atoms with E-state index in [1.807, 2.05) is 83.8 Å². The summed E-state index contributed by atoms with van der Waals surface area (Å²) >= 11 is 0. The maximum Gasteiger partial charge on any atom is 0.315 e. The number of nitrogens with two attached hydrogens (primary N) is 1. The van der Waals surface area contributed by atoms with Gasteiger partial charge in [-0.05, 0) is 78.4 Å². The summed E-state index contributed by atoms with van der Waals surface area (Å²) in [5, 5.41) is 10.9. The van der Waals surface area contributed by atoms with Crippen molar-refractivity contribution in [1.82, 2.24) is 25.8 Å². The molecule has 1 fully saturated rings. The molecule has 0 saturated carbocycles. The number of carbonyl (C=O) groups excluding carboxylic acids is 3. The number of nitrogens with zero attached hydrogens (tertiary/aromatic N) is 3. The van der Waals surface area contributed by atoms with Crippen LogP contribution in [-0.2, 0) is 22.4 Å². The number of ether oxygens (including phenoxy) is 1. The van der Waals surface area contributed by atoms with Gasteiger partial charge < -0.3 is 36.2 Å². The first-order valence-corrected chi connectivity index (χ1v) is 17.0. The SMILES string of the molecule is COc1cccc(CCNC(=O)N[C@@H](Cc2cccc3ccccc23)C(=O)N[C@@H](CCCCN)C(=O)N2CCN(c3ccncc3)CC2)c1. The maximum atomic E-state index is 14.1. The predicted octanol–water partition coefficient (Wildman–Crippen LogP) is 3.66. The van der Waals surface area contributed by atoms with Crippen LogP contribution in [0.5, 0.6) is 5.75 Å². The van der Waals surface area contributed by atoms with Crippen LogP contribution in [0.4, 0.5) is 10.5 Å². The largest absolute Gasteiger partial charge is 0.497 e. The van der Waals surface area contributed by atoms with Crippen molar-refractivity contribution in [2.24, 2.45) is 5.73 Å². The highest BCUT2D eigenvalue weighted by molar-refractivity contribution is 5.93. The fraction of sp³-hybridized carbons (Fsp3) is 0.368. The maximum absolute atomic E-state index is 14.1. The molecule has 0 unspecified atom stereocenters. The van der Waals surface area contributed by atoms with Gasteiger partial charge in [0.05, 0.1) is 7.11 Å². The van der Waals surface area contributed by atoms with E-state index in [9.17, 15) is 14.4 Å². The first-order valence-electron chi connectivity index (χ1n) is 17.0. The Kier molecular flexibility index (Phi) is 12.8. The van der Waals surface area contributed by atoms with Crippen molar-refractivity contribution in [3.05, 3.63) is 102 Å². The quantitative estimate of drug-likeness (QED) is 0.142. The molecule has 3 aromatic carbocycles. The van der Waals surface area contributed by atoms with E-state index >= 15 is 0 Å². The number of amides is 4. The summed E-state index contributed by atoms with van der Waals surface area (Å²) in [6.45, 7) is 3.31. The van der Waals surface area contributed by atoms with E-state index in [1.165, 1.54) is 0 Å². The summed E-state index contributed by atoms with van der Waals surface area (Å²) in [6.07, 6.45) is 6.26. The van der Waals surface area contributed by atoms with Crippen molar-refractivity contribution >= 4 is 34.3 Å². The molecule has 2 heterocycles. The number of hydrogen-bond donors (Lipinski definition) is 4. The van der Waals surface area contributed by atoms with Gasteiger partial charge in [0.15, 0.2) is 0 Å². The fourth-order valence-electron chi connectivity index (χ4n) is 6.24.